The molecule has 0 unspecified atom stereocenters. The summed E-state index contributed by atoms with van der Waals surface area (Å²) in [6.45, 7) is 1.61. The van der Waals surface area contributed by atoms with Gasteiger partial charge in [0.15, 0.2) is 11.5 Å². The summed E-state index contributed by atoms with van der Waals surface area (Å²) < 4.78 is 54.9. The highest BCUT2D eigenvalue weighted by molar-refractivity contribution is 6.01. The highest BCUT2D eigenvalue weighted by Gasteiger charge is 2.31. The van der Waals surface area contributed by atoms with E-state index in [-0.39, 0.29) is 5.69 Å². The number of amides is 1. The molecule has 1 heterocycles. The van der Waals surface area contributed by atoms with Crippen LogP contribution in [-0.4, -0.2) is 32.2 Å². The zero-order valence-corrected chi connectivity index (χ0v) is 16.8. The smallest absolute Gasteiger partial charge is 0.416 e. The highest BCUT2D eigenvalue weighted by Crippen LogP contribution is 2.43. The van der Waals surface area contributed by atoms with Gasteiger partial charge in [-0.05, 0) is 30.7 Å². The average molecular weight is 422 g/mol. The van der Waals surface area contributed by atoms with Gasteiger partial charge in [-0.2, -0.15) is 13.2 Å². The van der Waals surface area contributed by atoms with Crippen molar-refractivity contribution < 1.29 is 32.2 Å². The van der Waals surface area contributed by atoms with Crippen LogP contribution in [0.25, 0.3) is 10.9 Å². The van der Waals surface area contributed by atoms with Gasteiger partial charge >= 0.3 is 6.18 Å². The van der Waals surface area contributed by atoms with Crippen molar-refractivity contribution >= 4 is 16.8 Å². The number of benzene rings is 2. The number of hydrogen-bond acceptors (Lipinski definition) is 4. The summed E-state index contributed by atoms with van der Waals surface area (Å²) in [6.07, 6.45) is -4.45. The van der Waals surface area contributed by atoms with Gasteiger partial charge in [-0.1, -0.05) is 12.1 Å². The van der Waals surface area contributed by atoms with Crippen LogP contribution >= 0.6 is 0 Å². The Morgan fingerprint density at radius 1 is 1.03 bits per heavy atom. The minimum Gasteiger partial charge on any atom is -0.493 e. The second-order valence-corrected chi connectivity index (χ2v) is 6.61. The van der Waals surface area contributed by atoms with Gasteiger partial charge in [0.2, 0.25) is 5.75 Å². The number of nitrogens with one attached hydrogen (secondary N) is 2. The number of aromatic nitrogens is 1. The van der Waals surface area contributed by atoms with E-state index in [1.807, 2.05) is 0 Å². The van der Waals surface area contributed by atoms with E-state index in [1.165, 1.54) is 33.5 Å². The fraction of sp³-hybridized carbons (Fsp3) is 0.286. The Kier molecular flexibility index (Phi) is 5.82. The van der Waals surface area contributed by atoms with Gasteiger partial charge in [-0.15, -0.1) is 0 Å². The Balaban J connectivity index is 1.90. The maximum atomic E-state index is 12.9. The third-order valence-electron chi connectivity index (χ3n) is 4.73. The molecule has 2 aromatic carbocycles. The molecule has 6 nitrogen and oxygen atoms in total. The van der Waals surface area contributed by atoms with E-state index < -0.39 is 23.7 Å². The Hall–Kier alpha value is -3.36. The molecule has 0 bridgehead atoms. The molecule has 1 amide bonds. The molecular formula is C21H21F3N2O4. The van der Waals surface area contributed by atoms with Crippen molar-refractivity contribution in [1.29, 1.82) is 0 Å². The largest absolute Gasteiger partial charge is 0.493 e. The molecule has 30 heavy (non-hydrogen) atoms. The number of hydrogen-bond donors (Lipinski definition) is 2. The monoisotopic (exact) mass is 422 g/mol. The van der Waals surface area contributed by atoms with E-state index in [0.29, 0.717) is 33.7 Å². The second-order valence-electron chi connectivity index (χ2n) is 6.61. The average Bonchev–Trinajstić information content (AvgIpc) is 3.15. The first-order chi connectivity index (χ1) is 14.2. The van der Waals surface area contributed by atoms with Crippen LogP contribution in [0, 0.1) is 0 Å². The van der Waals surface area contributed by atoms with Crippen molar-refractivity contribution in [2.24, 2.45) is 0 Å². The quantitative estimate of drug-likeness (QED) is 0.604. The summed E-state index contributed by atoms with van der Waals surface area (Å²) in [5, 5.41) is 3.31. The molecule has 9 heteroatoms. The van der Waals surface area contributed by atoms with E-state index in [4.69, 9.17) is 14.2 Å². The lowest BCUT2D eigenvalue weighted by molar-refractivity contribution is -0.137. The number of aromatic amines is 1. The fourth-order valence-corrected chi connectivity index (χ4v) is 3.22. The number of fused-ring (bicyclic) bond motifs is 1. The number of carbonyl (C=O) groups excluding carboxylic acids is 1. The van der Waals surface area contributed by atoms with Crippen molar-refractivity contribution in [2.45, 2.75) is 19.1 Å². The number of H-pyrrole nitrogens is 1. The standard InChI is InChI=1S/C21H21F3N2O4/c1-11(12-6-5-7-13(8-12)21(22,23)24)25-20(27)16-9-14-15(26-16)10-17(28-2)19(30-4)18(14)29-3/h5-11,26H,1-4H3,(H,25,27)/t11-/m1/s1. The molecule has 0 radical (unpaired) electrons. The van der Waals surface area contributed by atoms with Crippen molar-refractivity contribution in [3.63, 3.8) is 0 Å². The number of alkyl halides is 3. The van der Waals surface area contributed by atoms with Crippen LogP contribution < -0.4 is 19.5 Å². The number of methoxy groups -OCH3 is 3. The van der Waals surface area contributed by atoms with Crippen LogP contribution in [0.1, 0.15) is 34.6 Å². The molecule has 3 aromatic rings. The van der Waals surface area contributed by atoms with Crippen molar-refractivity contribution in [1.82, 2.24) is 10.3 Å². The van der Waals surface area contributed by atoms with Crippen LogP contribution in [0.5, 0.6) is 17.2 Å². The van der Waals surface area contributed by atoms with Crippen LogP contribution in [0.2, 0.25) is 0 Å². The molecule has 3 rings (SSSR count). The van der Waals surface area contributed by atoms with Crippen molar-refractivity contribution in [2.75, 3.05) is 21.3 Å². The predicted molar refractivity (Wildman–Crippen MR) is 105 cm³/mol. The summed E-state index contributed by atoms with van der Waals surface area (Å²) in [7, 11) is 4.43. The van der Waals surface area contributed by atoms with Crippen LogP contribution in [0.15, 0.2) is 36.4 Å². The summed E-state index contributed by atoms with van der Waals surface area (Å²) in [5.74, 6) is 0.730. The zero-order chi connectivity index (χ0) is 22.1. The molecule has 0 saturated carbocycles. The lowest BCUT2D eigenvalue weighted by Crippen LogP contribution is -2.27. The summed E-state index contributed by atoms with van der Waals surface area (Å²) in [6, 6.07) is 7.47. The van der Waals surface area contributed by atoms with Gasteiger partial charge in [0, 0.05) is 11.5 Å². The molecule has 1 aromatic heterocycles. The minimum absolute atomic E-state index is 0.220. The van der Waals surface area contributed by atoms with E-state index in [0.717, 1.165) is 12.1 Å². The Bertz CT molecular complexity index is 1080. The van der Waals surface area contributed by atoms with E-state index in [9.17, 15) is 18.0 Å². The fourth-order valence-electron chi connectivity index (χ4n) is 3.22. The molecule has 0 aliphatic carbocycles. The lowest BCUT2D eigenvalue weighted by Gasteiger charge is -2.15. The number of halogens is 3. The number of ether oxygens (including phenoxy) is 3. The van der Waals surface area contributed by atoms with E-state index in [2.05, 4.69) is 10.3 Å². The van der Waals surface area contributed by atoms with Crippen LogP contribution in [0.3, 0.4) is 0 Å². The maximum absolute atomic E-state index is 12.9. The molecule has 1 atom stereocenters. The normalized spacial score (nSPS) is 12.5. The van der Waals surface area contributed by atoms with E-state index in [1.54, 1.807) is 19.1 Å². The van der Waals surface area contributed by atoms with Crippen molar-refractivity contribution in [3.05, 3.63) is 53.2 Å². The van der Waals surface area contributed by atoms with Gasteiger partial charge in [0.05, 0.1) is 38.5 Å². The summed E-state index contributed by atoms with van der Waals surface area (Å²) >= 11 is 0. The van der Waals surface area contributed by atoms with Gasteiger partial charge in [0.25, 0.3) is 5.91 Å². The number of rotatable bonds is 6. The first kappa shape index (κ1) is 21.4. The first-order valence-corrected chi connectivity index (χ1v) is 8.99. The molecule has 0 saturated heterocycles. The van der Waals surface area contributed by atoms with Gasteiger partial charge < -0.3 is 24.5 Å². The molecule has 0 fully saturated rings. The molecule has 0 aliphatic heterocycles. The van der Waals surface area contributed by atoms with Crippen LogP contribution in [0.4, 0.5) is 13.2 Å². The minimum atomic E-state index is -4.45. The number of carbonyl (C=O) groups is 1. The molecule has 0 spiro atoms. The SMILES string of the molecule is COc1cc2[nH]c(C(=O)N[C@H](C)c3cccc(C(F)(F)F)c3)cc2c(OC)c1OC. The third kappa shape index (κ3) is 4.00. The zero-order valence-electron chi connectivity index (χ0n) is 16.8. The topological polar surface area (TPSA) is 72.6 Å². The van der Waals surface area contributed by atoms with E-state index >= 15 is 0 Å². The Morgan fingerprint density at radius 2 is 1.73 bits per heavy atom. The summed E-state index contributed by atoms with van der Waals surface area (Å²) in [4.78, 5) is 15.7. The van der Waals surface area contributed by atoms with Gasteiger partial charge in [0.1, 0.15) is 5.69 Å². The third-order valence-corrected chi connectivity index (χ3v) is 4.73. The Labute approximate surface area is 170 Å². The van der Waals surface area contributed by atoms with Gasteiger partial charge in [-0.25, -0.2) is 0 Å². The molecular weight excluding hydrogens is 401 g/mol. The van der Waals surface area contributed by atoms with Crippen LogP contribution in [-0.2, 0) is 6.18 Å². The molecule has 2 N–H and O–H groups in total. The molecule has 160 valence electrons. The first-order valence-electron chi connectivity index (χ1n) is 8.99. The maximum Gasteiger partial charge on any atom is 0.416 e. The lowest BCUT2D eigenvalue weighted by atomic mass is 10.0. The summed E-state index contributed by atoms with van der Waals surface area (Å²) in [5.41, 5.74) is 0.379. The second kappa shape index (κ2) is 8.17. The van der Waals surface area contributed by atoms with Crippen molar-refractivity contribution in [3.8, 4) is 17.2 Å². The van der Waals surface area contributed by atoms with Gasteiger partial charge in [-0.3, -0.25) is 4.79 Å². The Morgan fingerprint density at radius 3 is 2.33 bits per heavy atom. The molecule has 0 aliphatic rings. The predicted octanol–water partition coefficient (Wildman–Crippen LogP) is 4.70. The highest BCUT2D eigenvalue weighted by atomic mass is 19.4.